The number of benzene rings is 1. The van der Waals surface area contributed by atoms with Crippen molar-refractivity contribution in [2.75, 3.05) is 13.1 Å². The molecule has 0 spiro atoms. The number of piperidine rings is 1. The summed E-state index contributed by atoms with van der Waals surface area (Å²) in [5, 5.41) is 19.5. The lowest BCUT2D eigenvalue weighted by atomic mass is 9.90. The molecule has 1 aromatic carbocycles. The Balaban J connectivity index is 1.38. The Kier molecular flexibility index (Phi) is 6.93. The molecule has 2 aliphatic heterocycles. The van der Waals surface area contributed by atoms with E-state index in [1.807, 2.05) is 6.07 Å². The van der Waals surface area contributed by atoms with Crippen molar-refractivity contribution in [2.45, 2.75) is 38.3 Å². The lowest BCUT2D eigenvalue weighted by Crippen LogP contribution is -2.33. The highest BCUT2D eigenvalue weighted by molar-refractivity contribution is 5.94. The zero-order valence-electron chi connectivity index (χ0n) is 18.2. The van der Waals surface area contributed by atoms with Gasteiger partial charge >= 0.3 is 11.9 Å². The third kappa shape index (κ3) is 5.51. The molecule has 8 heteroatoms. The number of halogens is 1. The van der Waals surface area contributed by atoms with E-state index in [0.29, 0.717) is 29.7 Å². The second-order valence-electron chi connectivity index (χ2n) is 8.54. The number of fused-ring (bicyclic) bond motifs is 1. The van der Waals surface area contributed by atoms with Crippen LogP contribution in [0.25, 0.3) is 0 Å². The smallest absolute Gasteiger partial charge is 0.355 e. The van der Waals surface area contributed by atoms with Crippen molar-refractivity contribution in [3.63, 3.8) is 0 Å². The third-order valence-corrected chi connectivity index (χ3v) is 6.29. The Hall–Kier alpha value is -3.39. The molecule has 1 unspecified atom stereocenters. The van der Waals surface area contributed by atoms with E-state index in [9.17, 15) is 19.1 Å². The van der Waals surface area contributed by atoms with Gasteiger partial charge in [0.05, 0.1) is 6.08 Å². The normalized spacial score (nSPS) is 21.6. The van der Waals surface area contributed by atoms with Crippen molar-refractivity contribution in [2.24, 2.45) is 5.92 Å². The van der Waals surface area contributed by atoms with Crippen molar-refractivity contribution in [1.82, 2.24) is 9.96 Å². The number of hydrogen-bond acceptors (Lipinski definition) is 5. The fourth-order valence-corrected chi connectivity index (χ4v) is 4.58. The molecule has 0 bridgehead atoms. The van der Waals surface area contributed by atoms with Gasteiger partial charge in [-0.2, -0.15) is 5.06 Å². The predicted molar refractivity (Wildman–Crippen MR) is 119 cm³/mol. The number of rotatable bonds is 8. The average molecular weight is 454 g/mol. The van der Waals surface area contributed by atoms with E-state index < -0.39 is 29.5 Å². The largest absolute Gasteiger partial charge is 0.478 e. The fraction of sp³-hybridized carbons (Fsp3) is 0.360. The molecule has 3 aliphatic rings. The summed E-state index contributed by atoms with van der Waals surface area (Å²) in [5.74, 6) is -2.32. The van der Waals surface area contributed by atoms with Crippen LogP contribution in [-0.4, -0.2) is 51.2 Å². The standard InChI is InChI=1S/C25H27FN2O5/c26-19-7-8-20-21(14-19)28(22(25(31)32)15-24(29)30)33-23(20)9-6-17-10-12-27(13-11-17)16-18-4-2-1-3-5-18/h1-5,7-8,14-15,17,21H,6,9-13,16H2,(H,29,30)(H,31,32)/b22-15-. The summed E-state index contributed by atoms with van der Waals surface area (Å²) in [7, 11) is 0. The van der Waals surface area contributed by atoms with Crippen LogP contribution < -0.4 is 0 Å². The van der Waals surface area contributed by atoms with Crippen molar-refractivity contribution < 1.29 is 29.0 Å². The molecule has 174 valence electrons. The summed E-state index contributed by atoms with van der Waals surface area (Å²) in [5.41, 5.74) is 1.42. The maximum Gasteiger partial charge on any atom is 0.355 e. The van der Waals surface area contributed by atoms with Gasteiger partial charge in [-0.25, -0.2) is 14.0 Å². The van der Waals surface area contributed by atoms with Gasteiger partial charge in [0.15, 0.2) is 5.70 Å². The molecule has 7 nitrogen and oxygen atoms in total. The van der Waals surface area contributed by atoms with Crippen molar-refractivity contribution in [3.05, 3.63) is 83.1 Å². The number of carboxylic acid groups (broad SMARTS) is 2. The molecular formula is C25H27FN2O5. The highest BCUT2D eigenvalue weighted by Gasteiger charge is 2.38. The van der Waals surface area contributed by atoms with E-state index in [1.165, 1.54) is 17.7 Å². The lowest BCUT2D eigenvalue weighted by molar-refractivity contribution is -0.146. The zero-order chi connectivity index (χ0) is 23.4. The van der Waals surface area contributed by atoms with Crippen LogP contribution in [0.3, 0.4) is 0 Å². The first-order chi connectivity index (χ1) is 15.9. The lowest BCUT2D eigenvalue weighted by Gasteiger charge is -2.32. The van der Waals surface area contributed by atoms with Gasteiger partial charge in [-0.3, -0.25) is 4.90 Å². The number of carbonyl (C=O) groups is 2. The number of aliphatic carboxylic acids is 2. The molecule has 1 aliphatic carbocycles. The Morgan fingerprint density at radius 3 is 2.52 bits per heavy atom. The summed E-state index contributed by atoms with van der Waals surface area (Å²) in [6.45, 7) is 2.97. The maximum absolute atomic E-state index is 13.9. The van der Waals surface area contributed by atoms with Gasteiger partial charge in [0.25, 0.3) is 0 Å². The Morgan fingerprint density at radius 1 is 1.12 bits per heavy atom. The molecule has 33 heavy (non-hydrogen) atoms. The van der Waals surface area contributed by atoms with Crippen LogP contribution in [0.5, 0.6) is 0 Å². The van der Waals surface area contributed by atoms with E-state index in [4.69, 9.17) is 9.94 Å². The van der Waals surface area contributed by atoms with E-state index in [1.54, 1.807) is 6.08 Å². The van der Waals surface area contributed by atoms with E-state index in [-0.39, 0.29) is 0 Å². The van der Waals surface area contributed by atoms with E-state index in [0.717, 1.165) is 44.0 Å². The van der Waals surface area contributed by atoms with Crippen molar-refractivity contribution in [3.8, 4) is 0 Å². The number of hydrogen-bond donors (Lipinski definition) is 2. The van der Waals surface area contributed by atoms with Crippen LogP contribution in [0.4, 0.5) is 4.39 Å². The van der Waals surface area contributed by atoms with Gasteiger partial charge < -0.3 is 15.1 Å². The van der Waals surface area contributed by atoms with Crippen molar-refractivity contribution >= 4 is 11.9 Å². The molecule has 0 saturated carbocycles. The molecular weight excluding hydrogens is 427 g/mol. The van der Waals surface area contributed by atoms with Crippen LogP contribution in [0.1, 0.15) is 31.2 Å². The number of hydroxylamine groups is 2. The highest BCUT2D eigenvalue weighted by atomic mass is 19.1. The SMILES string of the molecule is O=C(O)/C=C(/C(=O)O)N1OC(CCC2CCN(Cc3ccccc3)CC2)=C2C=CC(F)=CC21. The minimum Gasteiger partial charge on any atom is -0.478 e. The van der Waals surface area contributed by atoms with Gasteiger partial charge in [-0.05, 0) is 56.0 Å². The molecule has 1 aromatic rings. The number of carboxylic acids is 2. The van der Waals surface area contributed by atoms with Crippen LogP contribution in [0.2, 0.25) is 0 Å². The Bertz CT molecular complexity index is 1020. The average Bonchev–Trinajstić information content (AvgIpc) is 3.14. The first-order valence-corrected chi connectivity index (χ1v) is 11.1. The Morgan fingerprint density at radius 2 is 1.85 bits per heavy atom. The second-order valence-corrected chi connectivity index (χ2v) is 8.54. The molecule has 4 rings (SSSR count). The van der Waals surface area contributed by atoms with Gasteiger partial charge in [0, 0.05) is 18.5 Å². The van der Waals surface area contributed by atoms with Gasteiger partial charge in [-0.15, -0.1) is 0 Å². The van der Waals surface area contributed by atoms with Gasteiger partial charge in [0.1, 0.15) is 17.6 Å². The quantitative estimate of drug-likeness (QED) is 0.573. The number of likely N-dealkylation sites (tertiary alicyclic amines) is 1. The zero-order valence-corrected chi connectivity index (χ0v) is 18.2. The first kappa shape index (κ1) is 22.8. The minimum atomic E-state index is -1.45. The summed E-state index contributed by atoms with van der Waals surface area (Å²) in [6.07, 6.45) is 8.26. The van der Waals surface area contributed by atoms with E-state index in [2.05, 4.69) is 29.2 Å². The second kappa shape index (κ2) is 10.0. The molecule has 0 radical (unpaired) electrons. The monoisotopic (exact) mass is 454 g/mol. The minimum absolute atomic E-state index is 0.509. The molecule has 1 atom stereocenters. The summed E-state index contributed by atoms with van der Waals surface area (Å²) < 4.78 is 13.9. The van der Waals surface area contributed by atoms with Crippen LogP contribution in [-0.2, 0) is 21.0 Å². The molecule has 0 aromatic heterocycles. The number of allylic oxidation sites excluding steroid dienone is 3. The molecule has 1 fully saturated rings. The van der Waals surface area contributed by atoms with Crippen LogP contribution in [0, 0.1) is 5.92 Å². The fourth-order valence-electron chi connectivity index (χ4n) is 4.58. The third-order valence-electron chi connectivity index (χ3n) is 6.29. The molecule has 2 N–H and O–H groups in total. The summed E-state index contributed by atoms with van der Waals surface area (Å²) >= 11 is 0. The number of nitrogens with zero attached hydrogens (tertiary/aromatic N) is 2. The van der Waals surface area contributed by atoms with Crippen molar-refractivity contribution in [1.29, 1.82) is 0 Å². The van der Waals surface area contributed by atoms with Crippen LogP contribution in [0.15, 0.2) is 77.5 Å². The molecule has 0 amide bonds. The topological polar surface area (TPSA) is 90.3 Å². The first-order valence-electron chi connectivity index (χ1n) is 11.1. The Labute approximate surface area is 191 Å². The molecule has 1 saturated heterocycles. The molecule has 2 heterocycles. The van der Waals surface area contributed by atoms with Gasteiger partial charge in [-0.1, -0.05) is 36.4 Å². The predicted octanol–water partition coefficient (Wildman–Crippen LogP) is 4.03. The summed E-state index contributed by atoms with van der Waals surface area (Å²) in [6, 6.07) is 9.59. The highest BCUT2D eigenvalue weighted by Crippen LogP contribution is 2.38. The van der Waals surface area contributed by atoms with Crippen LogP contribution >= 0.6 is 0 Å². The maximum atomic E-state index is 13.9. The van der Waals surface area contributed by atoms with Gasteiger partial charge in [0.2, 0.25) is 0 Å². The summed E-state index contributed by atoms with van der Waals surface area (Å²) in [4.78, 5) is 31.0. The van der Waals surface area contributed by atoms with E-state index >= 15 is 0 Å².